The summed E-state index contributed by atoms with van der Waals surface area (Å²) in [6.07, 6.45) is -0.447. The summed E-state index contributed by atoms with van der Waals surface area (Å²) in [5, 5.41) is 2.58. The fourth-order valence-electron chi connectivity index (χ4n) is 0.765. The molecule has 0 aliphatic carbocycles. The first kappa shape index (κ1) is 14.6. The third kappa shape index (κ3) is 7.91. The maximum absolute atomic E-state index is 11.2. The summed E-state index contributed by atoms with van der Waals surface area (Å²) in [4.78, 5) is 11.2. The van der Waals surface area contributed by atoms with E-state index in [2.05, 4.69) is 18.5 Å². The maximum atomic E-state index is 11.2. The number of allylic oxidation sites excluding steroid dienone is 1. The van der Waals surface area contributed by atoms with Gasteiger partial charge in [0.25, 0.3) is 0 Å². The minimum Gasteiger partial charge on any atom is -0.492 e. The molecular weight excluding hydrogens is 206 g/mol. The lowest BCUT2D eigenvalue weighted by Crippen LogP contribution is -2.34. The van der Waals surface area contributed by atoms with Crippen LogP contribution >= 0.6 is 0 Å². The summed E-state index contributed by atoms with van der Waals surface area (Å²) in [6, 6.07) is 0. The number of carbonyl (C=O) groups is 1. The monoisotopic (exact) mass is 227 g/mol. The van der Waals surface area contributed by atoms with Crippen LogP contribution < -0.4 is 5.32 Å². The molecule has 0 atom stereocenters. The van der Waals surface area contributed by atoms with Crippen molar-refractivity contribution in [2.24, 2.45) is 0 Å². The summed E-state index contributed by atoms with van der Waals surface area (Å²) >= 11 is 0. The molecule has 0 saturated carbocycles. The van der Waals surface area contributed by atoms with Crippen LogP contribution in [0.15, 0.2) is 24.5 Å². The molecule has 1 N–H and O–H groups in total. The van der Waals surface area contributed by atoms with Crippen molar-refractivity contribution in [1.82, 2.24) is 5.32 Å². The molecule has 0 unspecified atom stereocenters. The standard InChI is InChI=1S/C12H21NO3/c1-9(2)10(3)15-8-7-13-11(14)16-12(4,5)6/h1,3,7-8H2,2,4-6H3,(H,13,14). The van der Waals surface area contributed by atoms with E-state index >= 15 is 0 Å². The van der Waals surface area contributed by atoms with Gasteiger partial charge in [-0.3, -0.25) is 0 Å². The Morgan fingerprint density at radius 3 is 2.31 bits per heavy atom. The van der Waals surface area contributed by atoms with Gasteiger partial charge in [0, 0.05) is 0 Å². The molecule has 0 spiro atoms. The predicted molar refractivity (Wildman–Crippen MR) is 64.1 cm³/mol. The molecule has 0 aromatic rings. The number of hydrogen-bond donors (Lipinski definition) is 1. The highest BCUT2D eigenvalue weighted by atomic mass is 16.6. The van der Waals surface area contributed by atoms with Crippen LogP contribution in [0.2, 0.25) is 0 Å². The molecule has 0 saturated heterocycles. The third-order valence-corrected chi connectivity index (χ3v) is 1.52. The molecule has 0 fully saturated rings. The minimum absolute atomic E-state index is 0.352. The quantitative estimate of drug-likeness (QED) is 0.446. The fraction of sp³-hybridized carbons (Fsp3) is 0.583. The molecule has 0 radical (unpaired) electrons. The number of amides is 1. The first-order chi connectivity index (χ1) is 7.22. The van der Waals surface area contributed by atoms with Crippen LogP contribution in [-0.4, -0.2) is 24.8 Å². The first-order valence-corrected chi connectivity index (χ1v) is 5.17. The molecule has 4 heteroatoms. The number of alkyl carbamates (subject to hydrolysis) is 1. The Morgan fingerprint density at radius 2 is 1.88 bits per heavy atom. The molecular formula is C12H21NO3. The van der Waals surface area contributed by atoms with Crippen molar-refractivity contribution in [3.8, 4) is 0 Å². The molecule has 1 amide bonds. The van der Waals surface area contributed by atoms with Gasteiger partial charge < -0.3 is 14.8 Å². The average Bonchev–Trinajstić information content (AvgIpc) is 2.08. The van der Waals surface area contributed by atoms with Crippen molar-refractivity contribution in [3.05, 3.63) is 24.5 Å². The SMILES string of the molecule is C=C(C)C(=C)OCCNC(=O)OC(C)(C)C. The molecule has 0 aliphatic rings. The Balaban J connectivity index is 3.64. The fourth-order valence-corrected chi connectivity index (χ4v) is 0.765. The lowest BCUT2D eigenvalue weighted by molar-refractivity contribution is 0.0514. The van der Waals surface area contributed by atoms with Crippen LogP contribution in [-0.2, 0) is 9.47 Å². The van der Waals surface area contributed by atoms with Gasteiger partial charge in [0.2, 0.25) is 0 Å². The van der Waals surface area contributed by atoms with E-state index in [4.69, 9.17) is 9.47 Å². The second-order valence-corrected chi connectivity index (χ2v) is 4.48. The average molecular weight is 227 g/mol. The van der Waals surface area contributed by atoms with E-state index in [1.54, 1.807) is 0 Å². The molecule has 16 heavy (non-hydrogen) atoms. The highest BCUT2D eigenvalue weighted by molar-refractivity contribution is 5.67. The lowest BCUT2D eigenvalue weighted by atomic mass is 10.2. The molecule has 0 aromatic carbocycles. The number of ether oxygens (including phenoxy) is 2. The second kappa shape index (κ2) is 6.20. The summed E-state index contributed by atoms with van der Waals surface area (Å²) < 4.78 is 10.3. The Hall–Kier alpha value is -1.45. The zero-order chi connectivity index (χ0) is 12.8. The Morgan fingerprint density at radius 1 is 1.31 bits per heavy atom. The molecule has 4 nitrogen and oxygen atoms in total. The van der Waals surface area contributed by atoms with Crippen molar-refractivity contribution < 1.29 is 14.3 Å². The summed E-state index contributed by atoms with van der Waals surface area (Å²) in [5.41, 5.74) is 0.295. The van der Waals surface area contributed by atoms with Crippen LogP contribution in [0.5, 0.6) is 0 Å². The number of carbonyl (C=O) groups excluding carboxylic acids is 1. The van der Waals surface area contributed by atoms with Crippen molar-refractivity contribution >= 4 is 6.09 Å². The van der Waals surface area contributed by atoms with Gasteiger partial charge in [-0.25, -0.2) is 4.79 Å². The van der Waals surface area contributed by atoms with Gasteiger partial charge >= 0.3 is 6.09 Å². The van der Waals surface area contributed by atoms with Gasteiger partial charge in [-0.05, 0) is 33.3 Å². The molecule has 0 aromatic heterocycles. The molecule has 0 rings (SSSR count). The summed E-state index contributed by atoms with van der Waals surface area (Å²) in [7, 11) is 0. The van der Waals surface area contributed by atoms with Crippen LogP contribution in [0.25, 0.3) is 0 Å². The zero-order valence-corrected chi connectivity index (χ0v) is 10.6. The summed E-state index contributed by atoms with van der Waals surface area (Å²) in [6.45, 7) is 15.3. The first-order valence-electron chi connectivity index (χ1n) is 5.17. The maximum Gasteiger partial charge on any atom is 0.407 e. The van der Waals surface area contributed by atoms with Crippen LogP contribution in [0, 0.1) is 0 Å². The number of rotatable bonds is 5. The Bertz CT molecular complexity index is 276. The Kier molecular flexibility index (Phi) is 5.64. The van der Waals surface area contributed by atoms with Gasteiger partial charge in [-0.15, -0.1) is 0 Å². The van der Waals surface area contributed by atoms with Crippen molar-refractivity contribution in [2.75, 3.05) is 13.2 Å². The molecule has 0 bridgehead atoms. The molecule has 0 aliphatic heterocycles. The number of nitrogens with one attached hydrogen (secondary N) is 1. The molecule has 92 valence electrons. The number of hydrogen-bond acceptors (Lipinski definition) is 3. The zero-order valence-electron chi connectivity index (χ0n) is 10.6. The minimum atomic E-state index is -0.480. The van der Waals surface area contributed by atoms with Crippen molar-refractivity contribution in [1.29, 1.82) is 0 Å². The van der Waals surface area contributed by atoms with Crippen LogP contribution in [0.4, 0.5) is 4.79 Å². The van der Waals surface area contributed by atoms with E-state index in [-0.39, 0.29) is 0 Å². The van der Waals surface area contributed by atoms with Gasteiger partial charge in [-0.1, -0.05) is 13.2 Å². The molecule has 0 heterocycles. The van der Waals surface area contributed by atoms with Gasteiger partial charge in [0.15, 0.2) is 0 Å². The van der Waals surface area contributed by atoms with Gasteiger partial charge in [0.1, 0.15) is 18.0 Å². The van der Waals surface area contributed by atoms with Crippen LogP contribution in [0.3, 0.4) is 0 Å². The van der Waals surface area contributed by atoms with Crippen molar-refractivity contribution in [3.63, 3.8) is 0 Å². The summed E-state index contributed by atoms with van der Waals surface area (Å²) in [5.74, 6) is 0.533. The lowest BCUT2D eigenvalue weighted by Gasteiger charge is -2.19. The highest BCUT2D eigenvalue weighted by Gasteiger charge is 2.15. The van der Waals surface area contributed by atoms with Crippen molar-refractivity contribution in [2.45, 2.75) is 33.3 Å². The topological polar surface area (TPSA) is 47.6 Å². The van der Waals surface area contributed by atoms with E-state index in [0.29, 0.717) is 18.9 Å². The third-order valence-electron chi connectivity index (χ3n) is 1.52. The van der Waals surface area contributed by atoms with E-state index in [0.717, 1.165) is 5.57 Å². The van der Waals surface area contributed by atoms with E-state index in [1.165, 1.54) is 0 Å². The van der Waals surface area contributed by atoms with E-state index in [1.807, 2.05) is 27.7 Å². The normalized spacial score (nSPS) is 10.5. The largest absolute Gasteiger partial charge is 0.492 e. The Labute approximate surface area is 97.3 Å². The highest BCUT2D eigenvalue weighted by Crippen LogP contribution is 2.06. The smallest absolute Gasteiger partial charge is 0.407 e. The van der Waals surface area contributed by atoms with E-state index in [9.17, 15) is 4.79 Å². The van der Waals surface area contributed by atoms with Gasteiger partial charge in [-0.2, -0.15) is 0 Å². The predicted octanol–water partition coefficient (Wildman–Crippen LogP) is 2.62. The second-order valence-electron chi connectivity index (χ2n) is 4.48. The van der Waals surface area contributed by atoms with Gasteiger partial charge in [0.05, 0.1) is 6.54 Å². The van der Waals surface area contributed by atoms with Crippen LogP contribution in [0.1, 0.15) is 27.7 Å². The van der Waals surface area contributed by atoms with E-state index < -0.39 is 11.7 Å².